The number of hydrogen-bond donors (Lipinski definition) is 0. The number of nitrogens with zero attached hydrogens (tertiary/aromatic N) is 1. The molecule has 0 atom stereocenters. The van der Waals surface area contributed by atoms with Crippen LogP contribution < -0.4 is 4.74 Å². The van der Waals surface area contributed by atoms with E-state index in [1.54, 1.807) is 43.2 Å². The number of ether oxygens (including phenoxy) is 1. The molecule has 1 aliphatic heterocycles. The molecule has 2 aromatic carbocycles. The molecule has 2 aromatic rings. The number of carbonyl (C=O) groups is 3. The van der Waals surface area contributed by atoms with Gasteiger partial charge in [0.25, 0.3) is 5.91 Å². The molecule has 1 saturated carbocycles. The highest BCUT2D eigenvalue weighted by Gasteiger charge is 2.53. The summed E-state index contributed by atoms with van der Waals surface area (Å²) in [4.78, 5) is 40.9. The van der Waals surface area contributed by atoms with Gasteiger partial charge < -0.3 is 9.64 Å². The number of methoxy groups -OCH3 is 1. The zero-order valence-corrected chi connectivity index (χ0v) is 19.0. The average molecular weight is 430 g/mol. The van der Waals surface area contributed by atoms with E-state index in [2.05, 4.69) is 11.8 Å². The number of hydrogen-bond acceptors (Lipinski definition) is 4. The number of ketones is 2. The van der Waals surface area contributed by atoms with Gasteiger partial charge in [-0.05, 0) is 73.9 Å². The maximum atomic E-state index is 13.2. The lowest BCUT2D eigenvalue weighted by atomic mass is 9.63. The number of benzene rings is 2. The van der Waals surface area contributed by atoms with Crippen molar-refractivity contribution in [3.05, 3.63) is 64.2 Å². The summed E-state index contributed by atoms with van der Waals surface area (Å²) in [5, 5.41) is 0. The van der Waals surface area contributed by atoms with Crippen LogP contribution in [0.3, 0.4) is 0 Å². The first-order chi connectivity index (χ1) is 15.3. The molecule has 0 radical (unpaired) electrons. The van der Waals surface area contributed by atoms with E-state index in [1.807, 2.05) is 26.0 Å². The zero-order valence-electron chi connectivity index (χ0n) is 19.0. The largest absolute Gasteiger partial charge is 0.497 e. The maximum absolute atomic E-state index is 13.2. The van der Waals surface area contributed by atoms with Crippen molar-refractivity contribution in [1.29, 1.82) is 0 Å². The first-order valence-electron chi connectivity index (χ1n) is 10.8. The van der Waals surface area contributed by atoms with Gasteiger partial charge in [-0.2, -0.15) is 0 Å². The van der Waals surface area contributed by atoms with Gasteiger partial charge in [-0.3, -0.25) is 14.4 Å². The average Bonchev–Trinajstić information content (AvgIpc) is 2.73. The van der Waals surface area contributed by atoms with E-state index < -0.39 is 11.3 Å². The van der Waals surface area contributed by atoms with Crippen LogP contribution in [0.4, 0.5) is 0 Å². The minimum atomic E-state index is -0.712. The van der Waals surface area contributed by atoms with Crippen LogP contribution in [-0.4, -0.2) is 42.6 Å². The molecule has 2 fully saturated rings. The number of Topliss-reactive ketones (excluding diaryl/α,β-unsaturated/α-hetero) is 2. The Hall–Kier alpha value is -3.39. The van der Waals surface area contributed by atoms with E-state index in [4.69, 9.17) is 4.74 Å². The molecule has 2 aliphatic rings. The fourth-order valence-electron chi connectivity index (χ4n) is 5.20. The monoisotopic (exact) mass is 429 g/mol. The summed E-state index contributed by atoms with van der Waals surface area (Å²) in [6.07, 6.45) is 0.649. The third-order valence-corrected chi connectivity index (χ3v) is 6.57. The Labute approximate surface area is 188 Å². The first-order valence-corrected chi connectivity index (χ1v) is 10.8. The second-order valence-corrected chi connectivity index (χ2v) is 9.01. The Balaban J connectivity index is 1.48. The highest BCUT2D eigenvalue weighted by Crippen LogP contribution is 2.46. The first kappa shape index (κ1) is 21.8. The lowest BCUT2D eigenvalue weighted by Crippen LogP contribution is -2.62. The molecule has 32 heavy (non-hydrogen) atoms. The standard InChI is InChI=1S/C27H27NO4/c1-5-6-19-11-17(2)24(18(3)12-19)25-22(29)13-27(14-23(25)30)15-28(16-27)26(31)20-7-9-21(32-4)10-8-20/h7-12,25H,13-16H2,1-4H3. The number of likely N-dealkylation sites (tertiary alicyclic amines) is 1. The molecule has 1 saturated heterocycles. The van der Waals surface area contributed by atoms with Gasteiger partial charge in [0.15, 0.2) is 0 Å². The third-order valence-electron chi connectivity index (χ3n) is 6.57. The van der Waals surface area contributed by atoms with Crippen LogP contribution in [0.2, 0.25) is 0 Å². The summed E-state index contributed by atoms with van der Waals surface area (Å²) in [6.45, 7) is 6.53. The molecule has 164 valence electrons. The zero-order chi connectivity index (χ0) is 23.0. The molecule has 0 aromatic heterocycles. The molecule has 0 N–H and O–H groups in total. The Morgan fingerprint density at radius 3 is 2.09 bits per heavy atom. The van der Waals surface area contributed by atoms with E-state index in [0.717, 1.165) is 22.3 Å². The minimum Gasteiger partial charge on any atom is -0.497 e. The predicted octanol–water partition coefficient (Wildman–Crippen LogP) is 3.84. The molecule has 5 heteroatoms. The Bertz CT molecular complexity index is 1120. The summed E-state index contributed by atoms with van der Waals surface area (Å²) >= 11 is 0. The Kier molecular flexibility index (Phi) is 5.64. The van der Waals surface area contributed by atoms with Crippen LogP contribution in [0.15, 0.2) is 36.4 Å². The van der Waals surface area contributed by atoms with Gasteiger partial charge >= 0.3 is 0 Å². The van der Waals surface area contributed by atoms with Crippen LogP contribution >= 0.6 is 0 Å². The lowest BCUT2D eigenvalue weighted by Gasteiger charge is -2.52. The molecular formula is C27H27NO4. The molecule has 1 aliphatic carbocycles. The smallest absolute Gasteiger partial charge is 0.253 e. The topological polar surface area (TPSA) is 63.7 Å². The quantitative estimate of drug-likeness (QED) is 0.549. The van der Waals surface area contributed by atoms with Crippen molar-refractivity contribution in [3.8, 4) is 17.6 Å². The van der Waals surface area contributed by atoms with Crippen molar-refractivity contribution >= 4 is 17.5 Å². The normalized spacial score (nSPS) is 17.6. The van der Waals surface area contributed by atoms with Crippen molar-refractivity contribution in [1.82, 2.24) is 4.90 Å². The molecule has 5 nitrogen and oxygen atoms in total. The Morgan fingerprint density at radius 2 is 1.59 bits per heavy atom. The summed E-state index contributed by atoms with van der Waals surface area (Å²) in [5.74, 6) is 5.74. The lowest BCUT2D eigenvalue weighted by molar-refractivity contribution is -0.141. The Morgan fingerprint density at radius 1 is 1.03 bits per heavy atom. The van der Waals surface area contributed by atoms with Crippen molar-refractivity contribution < 1.29 is 19.1 Å². The number of amides is 1. The number of rotatable bonds is 3. The third kappa shape index (κ3) is 3.82. The van der Waals surface area contributed by atoms with Crippen molar-refractivity contribution in [2.24, 2.45) is 5.41 Å². The van der Waals surface area contributed by atoms with Crippen molar-refractivity contribution in [2.45, 2.75) is 39.5 Å². The molecule has 4 rings (SSSR count). The van der Waals surface area contributed by atoms with Crippen LogP contribution in [0.5, 0.6) is 5.75 Å². The molecule has 1 spiro atoms. The highest BCUT2D eigenvalue weighted by molar-refractivity contribution is 6.11. The molecule has 1 amide bonds. The van der Waals surface area contributed by atoms with Crippen LogP contribution in [0.25, 0.3) is 0 Å². The van der Waals surface area contributed by atoms with Crippen LogP contribution in [-0.2, 0) is 9.59 Å². The van der Waals surface area contributed by atoms with Gasteiger partial charge in [-0.25, -0.2) is 0 Å². The van der Waals surface area contributed by atoms with Crippen molar-refractivity contribution in [2.75, 3.05) is 20.2 Å². The molecule has 0 unspecified atom stereocenters. The number of aryl methyl sites for hydroxylation is 2. The molecule has 1 heterocycles. The summed E-state index contributed by atoms with van der Waals surface area (Å²) in [5.41, 5.74) is 3.72. The van der Waals surface area contributed by atoms with Gasteiger partial charge in [-0.15, -0.1) is 5.92 Å². The van der Waals surface area contributed by atoms with Gasteiger partial charge in [0.05, 0.1) is 7.11 Å². The van der Waals surface area contributed by atoms with Crippen LogP contribution in [0, 0.1) is 31.1 Å². The number of carbonyl (C=O) groups excluding carboxylic acids is 3. The van der Waals surface area contributed by atoms with E-state index >= 15 is 0 Å². The van der Waals surface area contributed by atoms with E-state index in [1.165, 1.54) is 0 Å². The fourth-order valence-corrected chi connectivity index (χ4v) is 5.20. The SMILES string of the molecule is CC#Cc1cc(C)c(C2C(=O)CC3(CC2=O)CN(C(=O)c2ccc(OC)cc2)C3)c(C)c1. The summed E-state index contributed by atoms with van der Waals surface area (Å²) in [7, 11) is 1.58. The van der Waals surface area contributed by atoms with Crippen molar-refractivity contribution in [3.63, 3.8) is 0 Å². The van der Waals surface area contributed by atoms with Gasteiger partial charge in [0, 0.05) is 42.5 Å². The van der Waals surface area contributed by atoms with Crippen LogP contribution in [0.1, 0.15) is 58.3 Å². The van der Waals surface area contributed by atoms with E-state index in [9.17, 15) is 14.4 Å². The van der Waals surface area contributed by atoms with E-state index in [0.29, 0.717) is 37.2 Å². The van der Waals surface area contributed by atoms with Gasteiger partial charge in [0.2, 0.25) is 0 Å². The molecular weight excluding hydrogens is 402 g/mol. The maximum Gasteiger partial charge on any atom is 0.253 e. The summed E-state index contributed by atoms with van der Waals surface area (Å²) in [6, 6.07) is 10.9. The predicted molar refractivity (Wildman–Crippen MR) is 122 cm³/mol. The minimum absolute atomic E-state index is 0.0432. The van der Waals surface area contributed by atoms with Gasteiger partial charge in [0.1, 0.15) is 23.2 Å². The van der Waals surface area contributed by atoms with E-state index in [-0.39, 0.29) is 17.5 Å². The fraction of sp³-hybridized carbons (Fsp3) is 0.370. The van der Waals surface area contributed by atoms with Gasteiger partial charge in [-0.1, -0.05) is 5.92 Å². The second kappa shape index (κ2) is 8.27. The second-order valence-electron chi connectivity index (χ2n) is 9.01. The highest BCUT2D eigenvalue weighted by atomic mass is 16.5. The summed E-state index contributed by atoms with van der Waals surface area (Å²) < 4.78 is 5.14. The molecule has 0 bridgehead atoms.